The number of nitrogens with two attached hydrogens (primary N) is 1. The first-order valence-electron chi connectivity index (χ1n) is 5.52. The third kappa shape index (κ3) is 2.92. The first-order chi connectivity index (χ1) is 7.75. The zero-order chi connectivity index (χ0) is 11.4. The predicted molar refractivity (Wildman–Crippen MR) is 67.4 cm³/mol. The van der Waals surface area contributed by atoms with Gasteiger partial charge in [0.15, 0.2) is 0 Å². The van der Waals surface area contributed by atoms with Crippen LogP contribution in [0.2, 0.25) is 0 Å². The Balaban J connectivity index is 1.84. The lowest BCUT2D eigenvalue weighted by molar-refractivity contribution is -0.127. The molecule has 0 saturated carbocycles. The molecule has 0 aromatic heterocycles. The Bertz CT molecular complexity index is 375. The van der Waals surface area contributed by atoms with E-state index < -0.39 is 0 Å². The Kier molecular flexibility index (Phi) is 3.72. The Morgan fingerprint density at radius 2 is 2.12 bits per heavy atom. The van der Waals surface area contributed by atoms with Gasteiger partial charge in [-0.15, -0.1) is 11.8 Å². The monoisotopic (exact) mass is 236 g/mol. The molecule has 0 bridgehead atoms. The highest BCUT2D eigenvalue weighted by Gasteiger charge is 2.17. The van der Waals surface area contributed by atoms with E-state index in [0.717, 1.165) is 36.5 Å². The maximum Gasteiger partial charge on any atom is 0.232 e. The van der Waals surface area contributed by atoms with Crippen molar-refractivity contribution < 1.29 is 4.79 Å². The predicted octanol–water partition coefficient (Wildman–Crippen LogP) is 1.98. The number of nitrogen functional groups attached to an aromatic ring is 1. The molecular weight excluding hydrogens is 220 g/mol. The number of likely N-dealkylation sites (tertiary alicyclic amines) is 1. The average Bonchev–Trinajstić information content (AvgIpc) is 2.79. The lowest BCUT2D eigenvalue weighted by Crippen LogP contribution is -2.29. The summed E-state index contributed by atoms with van der Waals surface area (Å²) in [6, 6.07) is 7.66. The van der Waals surface area contributed by atoms with Crippen LogP contribution in [-0.4, -0.2) is 29.6 Å². The van der Waals surface area contributed by atoms with Gasteiger partial charge in [0.1, 0.15) is 0 Å². The summed E-state index contributed by atoms with van der Waals surface area (Å²) >= 11 is 1.56. The summed E-state index contributed by atoms with van der Waals surface area (Å²) in [7, 11) is 0. The molecular formula is C12H16N2OS. The van der Waals surface area contributed by atoms with Gasteiger partial charge in [-0.3, -0.25) is 4.79 Å². The van der Waals surface area contributed by atoms with Crippen LogP contribution in [0.25, 0.3) is 0 Å². The van der Waals surface area contributed by atoms with E-state index in [1.54, 1.807) is 11.8 Å². The summed E-state index contributed by atoms with van der Waals surface area (Å²) in [5.74, 6) is 0.758. The van der Waals surface area contributed by atoms with Gasteiger partial charge in [0.05, 0.1) is 5.75 Å². The van der Waals surface area contributed by atoms with Crippen molar-refractivity contribution >= 4 is 23.4 Å². The van der Waals surface area contributed by atoms with Crippen LogP contribution in [0.3, 0.4) is 0 Å². The smallest absolute Gasteiger partial charge is 0.232 e. The summed E-state index contributed by atoms with van der Waals surface area (Å²) in [5, 5.41) is 0. The Morgan fingerprint density at radius 1 is 1.38 bits per heavy atom. The van der Waals surface area contributed by atoms with Crippen LogP contribution in [0.4, 0.5) is 5.69 Å². The molecule has 86 valence electrons. The van der Waals surface area contributed by atoms with Gasteiger partial charge in [0.2, 0.25) is 5.91 Å². The van der Waals surface area contributed by atoms with E-state index in [-0.39, 0.29) is 5.91 Å². The number of anilines is 1. The van der Waals surface area contributed by atoms with E-state index in [9.17, 15) is 4.79 Å². The molecule has 1 aromatic carbocycles. The fourth-order valence-electron chi connectivity index (χ4n) is 1.81. The second-order valence-electron chi connectivity index (χ2n) is 3.95. The zero-order valence-corrected chi connectivity index (χ0v) is 10.0. The third-order valence-electron chi connectivity index (χ3n) is 2.68. The molecule has 2 N–H and O–H groups in total. The zero-order valence-electron chi connectivity index (χ0n) is 9.19. The number of hydrogen-bond acceptors (Lipinski definition) is 3. The molecule has 2 rings (SSSR count). The van der Waals surface area contributed by atoms with Crippen LogP contribution in [0.1, 0.15) is 12.8 Å². The molecule has 16 heavy (non-hydrogen) atoms. The quantitative estimate of drug-likeness (QED) is 0.645. The lowest BCUT2D eigenvalue weighted by Gasteiger charge is -2.14. The normalized spacial score (nSPS) is 15.4. The van der Waals surface area contributed by atoms with Crippen LogP contribution in [0.5, 0.6) is 0 Å². The highest BCUT2D eigenvalue weighted by molar-refractivity contribution is 8.00. The van der Waals surface area contributed by atoms with Crippen LogP contribution in [0.15, 0.2) is 29.2 Å². The molecule has 1 aromatic rings. The Hall–Kier alpha value is -1.16. The van der Waals surface area contributed by atoms with Crippen molar-refractivity contribution in [1.82, 2.24) is 4.90 Å². The van der Waals surface area contributed by atoms with Crippen LogP contribution in [0, 0.1) is 0 Å². The largest absolute Gasteiger partial charge is 0.399 e. The molecule has 0 spiro atoms. The standard InChI is InChI=1S/C12H16N2OS/c13-10-4-3-5-11(8-10)16-9-12(15)14-6-1-2-7-14/h3-5,8H,1-2,6-7,9,13H2. The summed E-state index contributed by atoms with van der Waals surface area (Å²) in [5.41, 5.74) is 6.43. The van der Waals surface area contributed by atoms with Crippen LogP contribution < -0.4 is 5.73 Å². The molecule has 0 unspecified atom stereocenters. The molecule has 1 aliphatic heterocycles. The minimum Gasteiger partial charge on any atom is -0.399 e. The summed E-state index contributed by atoms with van der Waals surface area (Å²) in [6.45, 7) is 1.85. The van der Waals surface area contributed by atoms with E-state index >= 15 is 0 Å². The average molecular weight is 236 g/mol. The number of rotatable bonds is 3. The maximum absolute atomic E-state index is 11.8. The summed E-state index contributed by atoms with van der Waals surface area (Å²) < 4.78 is 0. The van der Waals surface area contributed by atoms with Gasteiger partial charge in [-0.05, 0) is 31.0 Å². The van der Waals surface area contributed by atoms with E-state index in [4.69, 9.17) is 5.73 Å². The Labute approximate surface area is 100.0 Å². The number of carbonyl (C=O) groups is 1. The fraction of sp³-hybridized carbons (Fsp3) is 0.417. The third-order valence-corrected chi connectivity index (χ3v) is 3.66. The number of nitrogens with zero attached hydrogens (tertiary/aromatic N) is 1. The van der Waals surface area contributed by atoms with Crippen molar-refractivity contribution in [2.24, 2.45) is 0 Å². The van der Waals surface area contributed by atoms with Crippen molar-refractivity contribution in [1.29, 1.82) is 0 Å². The summed E-state index contributed by atoms with van der Waals surface area (Å²) in [6.07, 6.45) is 2.30. The van der Waals surface area contributed by atoms with Crippen molar-refractivity contribution in [3.8, 4) is 0 Å². The number of thioether (sulfide) groups is 1. The highest BCUT2D eigenvalue weighted by atomic mass is 32.2. The minimum absolute atomic E-state index is 0.241. The molecule has 0 aliphatic carbocycles. The van der Waals surface area contributed by atoms with Crippen molar-refractivity contribution in [2.75, 3.05) is 24.6 Å². The summed E-state index contributed by atoms with van der Waals surface area (Å²) in [4.78, 5) is 14.8. The lowest BCUT2D eigenvalue weighted by atomic mass is 10.3. The highest BCUT2D eigenvalue weighted by Crippen LogP contribution is 2.21. The van der Waals surface area contributed by atoms with Gasteiger partial charge in [0.25, 0.3) is 0 Å². The molecule has 0 atom stereocenters. The van der Waals surface area contributed by atoms with Crippen molar-refractivity contribution in [3.63, 3.8) is 0 Å². The number of carbonyl (C=O) groups excluding carboxylic acids is 1. The number of amides is 1. The van der Waals surface area contributed by atoms with Gasteiger partial charge in [-0.1, -0.05) is 6.07 Å². The van der Waals surface area contributed by atoms with Gasteiger partial charge in [0, 0.05) is 23.7 Å². The molecule has 1 saturated heterocycles. The molecule has 1 amide bonds. The molecule has 1 heterocycles. The molecule has 1 aliphatic rings. The van der Waals surface area contributed by atoms with Crippen LogP contribution >= 0.6 is 11.8 Å². The first-order valence-corrected chi connectivity index (χ1v) is 6.50. The number of benzene rings is 1. The molecule has 3 nitrogen and oxygen atoms in total. The van der Waals surface area contributed by atoms with Crippen molar-refractivity contribution in [3.05, 3.63) is 24.3 Å². The Morgan fingerprint density at radius 3 is 2.81 bits per heavy atom. The second kappa shape index (κ2) is 5.25. The molecule has 1 fully saturated rings. The van der Waals surface area contributed by atoms with E-state index in [2.05, 4.69) is 0 Å². The molecule has 4 heteroatoms. The van der Waals surface area contributed by atoms with Gasteiger partial charge in [-0.25, -0.2) is 0 Å². The second-order valence-corrected chi connectivity index (χ2v) is 5.00. The fourth-order valence-corrected chi connectivity index (χ4v) is 2.67. The SMILES string of the molecule is Nc1cccc(SCC(=O)N2CCCC2)c1. The molecule has 0 radical (unpaired) electrons. The topological polar surface area (TPSA) is 46.3 Å². The van der Waals surface area contributed by atoms with E-state index in [0.29, 0.717) is 5.75 Å². The van der Waals surface area contributed by atoms with E-state index in [1.165, 1.54) is 0 Å². The minimum atomic E-state index is 0.241. The van der Waals surface area contributed by atoms with E-state index in [1.807, 2.05) is 29.2 Å². The van der Waals surface area contributed by atoms with Crippen molar-refractivity contribution in [2.45, 2.75) is 17.7 Å². The van der Waals surface area contributed by atoms with Gasteiger partial charge >= 0.3 is 0 Å². The first kappa shape index (κ1) is 11.3. The maximum atomic E-state index is 11.8. The van der Waals surface area contributed by atoms with Gasteiger partial charge in [-0.2, -0.15) is 0 Å². The van der Waals surface area contributed by atoms with Gasteiger partial charge < -0.3 is 10.6 Å². The van der Waals surface area contributed by atoms with Crippen LogP contribution in [-0.2, 0) is 4.79 Å². The number of hydrogen-bond donors (Lipinski definition) is 1.